The fraction of sp³-hybridized carbons (Fsp3) is 0.370. The van der Waals surface area contributed by atoms with Crippen molar-refractivity contribution in [3.63, 3.8) is 0 Å². The van der Waals surface area contributed by atoms with Gasteiger partial charge in [0.05, 0.1) is 15.6 Å². The summed E-state index contributed by atoms with van der Waals surface area (Å²) in [7, 11) is 0. The number of nitrogens with zero attached hydrogens (tertiary/aromatic N) is 2. The van der Waals surface area contributed by atoms with Gasteiger partial charge in [-0.15, -0.1) is 0 Å². The second kappa shape index (κ2) is 9.12. The summed E-state index contributed by atoms with van der Waals surface area (Å²) in [6.07, 6.45) is 4.19. The molecule has 2 saturated carbocycles. The van der Waals surface area contributed by atoms with Crippen molar-refractivity contribution in [1.29, 1.82) is 0 Å². The maximum atomic E-state index is 13.2. The van der Waals surface area contributed by atoms with E-state index >= 15 is 0 Å². The van der Waals surface area contributed by atoms with E-state index in [1.807, 2.05) is 35.2 Å². The molecule has 36 heavy (non-hydrogen) atoms. The van der Waals surface area contributed by atoms with Crippen molar-refractivity contribution < 1.29 is 23.6 Å². The number of likely N-dealkylation sites (tertiary alicyclic amines) is 1. The Morgan fingerprint density at radius 3 is 2.53 bits per heavy atom. The smallest absolute Gasteiger partial charge is 0.410 e. The first kappa shape index (κ1) is 23.4. The van der Waals surface area contributed by atoms with Gasteiger partial charge in [0.1, 0.15) is 30.2 Å². The number of aromatic nitrogens is 1. The Morgan fingerprint density at radius 1 is 1.06 bits per heavy atom. The number of hydrogen-bond donors (Lipinski definition) is 0. The van der Waals surface area contributed by atoms with E-state index in [1.54, 1.807) is 18.2 Å². The topological polar surface area (TPSA) is 81.9 Å². The molecular weight excluding hydrogens is 503 g/mol. The first-order valence-electron chi connectivity index (χ1n) is 12.0. The van der Waals surface area contributed by atoms with Gasteiger partial charge >= 0.3 is 12.1 Å². The second-order valence-corrected chi connectivity index (χ2v) is 10.6. The maximum absolute atomic E-state index is 13.2. The number of carbonyl (C=O) groups is 2. The van der Waals surface area contributed by atoms with E-state index in [0.29, 0.717) is 34.5 Å². The van der Waals surface area contributed by atoms with Crippen molar-refractivity contribution in [3.05, 3.63) is 76.0 Å². The van der Waals surface area contributed by atoms with Crippen LogP contribution in [0, 0.1) is 11.8 Å². The summed E-state index contributed by atoms with van der Waals surface area (Å²) in [5.41, 5.74) is 1.48. The summed E-state index contributed by atoms with van der Waals surface area (Å²) in [6.45, 7) is 0.746. The third-order valence-electron chi connectivity index (χ3n) is 7.66. The average Bonchev–Trinajstić information content (AvgIpc) is 3.36. The molecule has 2 aliphatic carbocycles. The number of amides is 1. The van der Waals surface area contributed by atoms with Crippen LogP contribution >= 0.6 is 23.2 Å². The predicted molar refractivity (Wildman–Crippen MR) is 133 cm³/mol. The molecule has 3 fully saturated rings. The van der Waals surface area contributed by atoms with E-state index in [0.717, 1.165) is 24.8 Å². The molecule has 2 bridgehead atoms. The molecule has 0 spiro atoms. The van der Waals surface area contributed by atoms with Crippen LogP contribution in [-0.4, -0.2) is 40.3 Å². The Kier molecular flexibility index (Phi) is 5.92. The van der Waals surface area contributed by atoms with E-state index < -0.39 is 5.97 Å². The first-order valence-corrected chi connectivity index (χ1v) is 12.8. The molecule has 1 amide bonds. The largest absolute Gasteiger partial charge is 0.458 e. The van der Waals surface area contributed by atoms with Gasteiger partial charge in [-0.05, 0) is 42.9 Å². The summed E-state index contributed by atoms with van der Waals surface area (Å²) in [6, 6.07) is 14.7. The summed E-state index contributed by atoms with van der Waals surface area (Å²) < 4.78 is 16.8. The van der Waals surface area contributed by atoms with Crippen LogP contribution in [0.2, 0.25) is 10.0 Å². The SMILES string of the molecule is O=C(O[C@H]1C[C@@]2(C3CC3)C[C@@H]1CN2C(=O)OCc1ccccc1)c1conc1-c1c(Cl)cccc1Cl. The molecular formula is C27H24Cl2N2O5. The molecule has 0 radical (unpaired) electrons. The Balaban J connectivity index is 1.16. The summed E-state index contributed by atoms with van der Waals surface area (Å²) in [5.74, 6) is -0.0847. The highest BCUT2D eigenvalue weighted by Crippen LogP contribution is 2.58. The zero-order chi connectivity index (χ0) is 24.9. The molecule has 3 atom stereocenters. The van der Waals surface area contributed by atoms with E-state index in [2.05, 4.69) is 5.16 Å². The number of halogens is 2. The number of hydrogen-bond acceptors (Lipinski definition) is 6. The van der Waals surface area contributed by atoms with Crippen LogP contribution in [0.1, 0.15) is 41.6 Å². The number of benzene rings is 2. The van der Waals surface area contributed by atoms with Crippen molar-refractivity contribution in [2.45, 2.75) is 43.9 Å². The number of fused-ring (bicyclic) bond motifs is 2. The van der Waals surface area contributed by atoms with Gasteiger partial charge in [0.25, 0.3) is 0 Å². The van der Waals surface area contributed by atoms with Crippen LogP contribution in [0.3, 0.4) is 0 Å². The van der Waals surface area contributed by atoms with Gasteiger partial charge in [0.2, 0.25) is 0 Å². The zero-order valence-corrected chi connectivity index (χ0v) is 20.9. The lowest BCUT2D eigenvalue weighted by Gasteiger charge is -2.40. The summed E-state index contributed by atoms with van der Waals surface area (Å²) in [5, 5.41) is 4.70. The number of rotatable bonds is 6. The highest BCUT2D eigenvalue weighted by atomic mass is 35.5. The maximum Gasteiger partial charge on any atom is 0.410 e. The molecule has 186 valence electrons. The monoisotopic (exact) mass is 526 g/mol. The molecule has 2 heterocycles. The predicted octanol–water partition coefficient (Wildman–Crippen LogP) is 6.39. The number of carbonyl (C=O) groups excluding carboxylic acids is 2. The average molecular weight is 527 g/mol. The van der Waals surface area contributed by atoms with Crippen molar-refractivity contribution in [2.75, 3.05) is 6.54 Å². The molecule has 1 aromatic heterocycles. The highest BCUT2D eigenvalue weighted by Gasteiger charge is 2.64. The van der Waals surface area contributed by atoms with Crippen LogP contribution in [0.15, 0.2) is 59.3 Å². The third-order valence-corrected chi connectivity index (χ3v) is 8.29. The lowest BCUT2D eigenvalue weighted by Crippen LogP contribution is -2.52. The first-order chi connectivity index (χ1) is 17.5. The van der Waals surface area contributed by atoms with Crippen LogP contribution in [0.5, 0.6) is 0 Å². The minimum Gasteiger partial charge on any atom is -0.458 e. The highest BCUT2D eigenvalue weighted by molar-refractivity contribution is 6.39. The normalized spacial score (nSPS) is 24.7. The third kappa shape index (κ3) is 4.04. The number of ether oxygens (including phenoxy) is 2. The molecule has 1 saturated heterocycles. The fourth-order valence-electron chi connectivity index (χ4n) is 5.86. The molecule has 9 heteroatoms. The van der Waals surface area contributed by atoms with E-state index in [1.165, 1.54) is 6.26 Å². The lowest BCUT2D eigenvalue weighted by atomic mass is 9.90. The molecule has 0 unspecified atom stereocenters. The molecule has 7 nitrogen and oxygen atoms in total. The van der Waals surface area contributed by atoms with Crippen molar-refractivity contribution >= 4 is 35.3 Å². The quantitative estimate of drug-likeness (QED) is 0.346. The molecule has 6 rings (SSSR count). The zero-order valence-electron chi connectivity index (χ0n) is 19.4. The van der Waals surface area contributed by atoms with Crippen LogP contribution in [0.25, 0.3) is 11.3 Å². The Bertz CT molecular complexity index is 1290. The minimum atomic E-state index is -0.538. The van der Waals surface area contributed by atoms with Crippen molar-refractivity contribution in [3.8, 4) is 11.3 Å². The molecule has 3 aromatic rings. The van der Waals surface area contributed by atoms with E-state index in [9.17, 15) is 9.59 Å². The van der Waals surface area contributed by atoms with Gasteiger partial charge in [-0.3, -0.25) is 0 Å². The van der Waals surface area contributed by atoms with Crippen LogP contribution < -0.4 is 0 Å². The minimum absolute atomic E-state index is 0.0473. The molecule has 3 aliphatic rings. The molecule has 2 aromatic carbocycles. The summed E-state index contributed by atoms with van der Waals surface area (Å²) >= 11 is 12.6. The van der Waals surface area contributed by atoms with Gasteiger partial charge in [-0.1, -0.05) is 64.8 Å². The van der Waals surface area contributed by atoms with Crippen molar-refractivity contribution in [2.24, 2.45) is 11.8 Å². The Labute approximate surface area is 218 Å². The Morgan fingerprint density at radius 2 is 1.81 bits per heavy atom. The Hall–Kier alpha value is -3.03. The fourth-order valence-corrected chi connectivity index (χ4v) is 6.43. The van der Waals surface area contributed by atoms with Crippen LogP contribution in [-0.2, 0) is 16.1 Å². The van der Waals surface area contributed by atoms with Gasteiger partial charge in [0.15, 0.2) is 0 Å². The number of esters is 1. The molecule has 0 N–H and O–H groups in total. The van der Waals surface area contributed by atoms with Gasteiger partial charge in [0, 0.05) is 24.4 Å². The summed E-state index contributed by atoms with van der Waals surface area (Å²) in [4.78, 5) is 28.2. The van der Waals surface area contributed by atoms with Gasteiger partial charge in [-0.2, -0.15) is 0 Å². The van der Waals surface area contributed by atoms with Crippen molar-refractivity contribution in [1.82, 2.24) is 10.1 Å². The molecule has 1 aliphatic heterocycles. The van der Waals surface area contributed by atoms with E-state index in [-0.39, 0.29) is 41.5 Å². The second-order valence-electron chi connectivity index (χ2n) is 9.81. The lowest BCUT2D eigenvalue weighted by molar-refractivity contribution is -0.0114. The van der Waals surface area contributed by atoms with Gasteiger partial charge < -0.3 is 18.9 Å². The number of piperidine rings is 1. The van der Waals surface area contributed by atoms with Crippen LogP contribution in [0.4, 0.5) is 4.79 Å². The standard InChI is InChI=1S/C27H24Cl2N2O5/c28-20-7-4-8-21(29)23(20)24-19(15-35-30-24)25(32)36-22-12-27(18-9-10-18)11-17(22)13-31(27)26(33)34-14-16-5-2-1-3-6-16/h1-8,15,17-18,22H,9-14H2/t17-,22+,27-/m1/s1. The van der Waals surface area contributed by atoms with Gasteiger partial charge in [-0.25, -0.2) is 9.59 Å². The van der Waals surface area contributed by atoms with E-state index in [4.69, 9.17) is 37.2 Å².